The van der Waals surface area contributed by atoms with Crippen LogP contribution >= 0.6 is 0 Å². The largest absolute Gasteiger partial charge is 0.497 e. The summed E-state index contributed by atoms with van der Waals surface area (Å²) < 4.78 is 5.09. The number of nitrogens with two attached hydrogens (primary N) is 1. The van der Waals surface area contributed by atoms with Crippen molar-refractivity contribution in [1.29, 1.82) is 0 Å². The van der Waals surface area contributed by atoms with E-state index >= 15 is 0 Å². The number of methoxy groups -OCH3 is 1. The molecular weight excluding hydrogens is 300 g/mol. The molecule has 0 heterocycles. The summed E-state index contributed by atoms with van der Waals surface area (Å²) in [6.07, 6.45) is 4.13. The number of nitrogens with one attached hydrogen (secondary N) is 1. The first-order valence-electron chi connectivity index (χ1n) is 8.01. The molecule has 0 aromatic heterocycles. The number of rotatable bonds is 7. The molecule has 0 fully saturated rings. The lowest BCUT2D eigenvalue weighted by molar-refractivity contribution is -0.111. The fourth-order valence-electron chi connectivity index (χ4n) is 2.37. The van der Waals surface area contributed by atoms with Gasteiger partial charge in [-0.25, -0.2) is 0 Å². The molecule has 0 spiro atoms. The normalized spacial score (nSPS) is 13.5. The van der Waals surface area contributed by atoms with Gasteiger partial charge < -0.3 is 15.8 Å². The molecule has 0 saturated carbocycles. The summed E-state index contributed by atoms with van der Waals surface area (Å²) in [6.45, 7) is 2.09. The van der Waals surface area contributed by atoms with E-state index in [2.05, 4.69) is 24.4 Å². The summed E-state index contributed by atoms with van der Waals surface area (Å²) >= 11 is 0. The Balaban J connectivity index is 1.85. The third-order valence-corrected chi connectivity index (χ3v) is 3.88. The predicted molar refractivity (Wildman–Crippen MR) is 98.0 cm³/mol. The maximum atomic E-state index is 12.0. The quantitative estimate of drug-likeness (QED) is 0.767. The van der Waals surface area contributed by atoms with Crippen molar-refractivity contribution in [2.75, 3.05) is 12.4 Å². The number of hydrogen-bond acceptors (Lipinski definition) is 3. The van der Waals surface area contributed by atoms with Gasteiger partial charge in [0.15, 0.2) is 0 Å². The summed E-state index contributed by atoms with van der Waals surface area (Å²) in [5, 5.41) is 2.80. The first-order chi connectivity index (χ1) is 11.6. The molecule has 4 heteroatoms. The summed E-state index contributed by atoms with van der Waals surface area (Å²) in [5.74, 6) is 0.806. The lowest BCUT2D eigenvalue weighted by Crippen LogP contribution is -2.27. The predicted octanol–water partition coefficient (Wildman–Crippen LogP) is 3.40. The van der Waals surface area contributed by atoms with Gasteiger partial charge >= 0.3 is 0 Å². The highest BCUT2D eigenvalue weighted by Gasteiger charge is 2.11. The molecule has 4 nitrogen and oxygen atoms in total. The molecule has 0 aliphatic carbocycles. The molecule has 0 aliphatic rings. The van der Waals surface area contributed by atoms with Crippen LogP contribution in [0, 0.1) is 5.92 Å². The average molecular weight is 324 g/mol. The molecule has 126 valence electrons. The number of carbonyl (C=O) groups is 1. The number of hydrogen-bond donors (Lipinski definition) is 2. The number of ether oxygens (including phenoxy) is 1. The van der Waals surface area contributed by atoms with Crippen LogP contribution in [0.1, 0.15) is 12.5 Å². The number of anilines is 1. The molecule has 2 rings (SSSR count). The molecular formula is C20H24N2O2. The standard InChI is InChI=1S/C20H24N2O2/c1-15(14-16-6-4-3-5-7-16)19(21)12-13-20(23)22-17-8-10-18(24-2)11-9-17/h3-13,15,19H,14,21H2,1-2H3,(H,22,23)/b13-12+/t15?,19-/m1/s1. The van der Waals surface area contributed by atoms with E-state index in [1.54, 1.807) is 37.5 Å². The summed E-state index contributed by atoms with van der Waals surface area (Å²) in [4.78, 5) is 12.0. The SMILES string of the molecule is COc1ccc(NC(=O)/C=C/[C@@H](N)C(C)Cc2ccccc2)cc1. The van der Waals surface area contributed by atoms with Crippen LogP contribution in [0.25, 0.3) is 0 Å². The summed E-state index contributed by atoms with van der Waals surface area (Å²) in [6, 6.07) is 17.2. The number of benzene rings is 2. The van der Waals surface area contributed by atoms with Crippen molar-refractivity contribution in [3.05, 3.63) is 72.3 Å². The van der Waals surface area contributed by atoms with Crippen molar-refractivity contribution in [1.82, 2.24) is 0 Å². The molecule has 3 N–H and O–H groups in total. The Bertz CT molecular complexity index is 666. The van der Waals surface area contributed by atoms with Gasteiger partial charge in [-0.15, -0.1) is 0 Å². The molecule has 0 saturated heterocycles. The van der Waals surface area contributed by atoms with Gasteiger partial charge in [0.1, 0.15) is 5.75 Å². The van der Waals surface area contributed by atoms with Gasteiger partial charge in [-0.2, -0.15) is 0 Å². The van der Waals surface area contributed by atoms with Crippen LogP contribution in [-0.2, 0) is 11.2 Å². The van der Waals surface area contributed by atoms with Crippen molar-refractivity contribution < 1.29 is 9.53 Å². The zero-order valence-electron chi connectivity index (χ0n) is 14.1. The second-order valence-corrected chi connectivity index (χ2v) is 5.82. The second kappa shape index (κ2) is 8.89. The Kier molecular flexibility index (Phi) is 6.58. The Morgan fingerprint density at radius 3 is 2.46 bits per heavy atom. The fourth-order valence-corrected chi connectivity index (χ4v) is 2.37. The summed E-state index contributed by atoms with van der Waals surface area (Å²) in [5.41, 5.74) is 8.13. The minimum Gasteiger partial charge on any atom is -0.497 e. The van der Waals surface area contributed by atoms with E-state index in [0.29, 0.717) is 0 Å². The monoisotopic (exact) mass is 324 g/mol. The van der Waals surface area contributed by atoms with E-state index in [9.17, 15) is 4.79 Å². The first kappa shape index (κ1) is 17.8. The van der Waals surface area contributed by atoms with Crippen LogP contribution in [0.2, 0.25) is 0 Å². The van der Waals surface area contributed by atoms with Crippen molar-refractivity contribution in [3.63, 3.8) is 0 Å². The molecule has 2 aromatic rings. The molecule has 2 aromatic carbocycles. The van der Waals surface area contributed by atoms with Gasteiger partial charge in [-0.05, 0) is 42.2 Å². The molecule has 0 bridgehead atoms. The van der Waals surface area contributed by atoms with Gasteiger partial charge in [-0.3, -0.25) is 4.79 Å². The second-order valence-electron chi connectivity index (χ2n) is 5.82. The lowest BCUT2D eigenvalue weighted by atomic mass is 9.94. The van der Waals surface area contributed by atoms with Crippen molar-refractivity contribution in [3.8, 4) is 5.75 Å². The molecule has 2 atom stereocenters. The molecule has 1 unspecified atom stereocenters. The minimum atomic E-state index is -0.192. The van der Waals surface area contributed by atoms with Crippen LogP contribution in [0.5, 0.6) is 5.75 Å². The van der Waals surface area contributed by atoms with Crippen LogP contribution in [0.3, 0.4) is 0 Å². The van der Waals surface area contributed by atoms with E-state index in [1.165, 1.54) is 11.6 Å². The highest BCUT2D eigenvalue weighted by molar-refractivity contribution is 5.99. The third kappa shape index (κ3) is 5.56. The zero-order valence-corrected chi connectivity index (χ0v) is 14.1. The highest BCUT2D eigenvalue weighted by Crippen LogP contribution is 2.15. The van der Waals surface area contributed by atoms with Crippen LogP contribution in [0.4, 0.5) is 5.69 Å². The van der Waals surface area contributed by atoms with E-state index in [1.807, 2.05) is 18.2 Å². The minimum absolute atomic E-state index is 0.174. The summed E-state index contributed by atoms with van der Waals surface area (Å²) in [7, 11) is 1.61. The van der Waals surface area contributed by atoms with E-state index in [0.717, 1.165) is 17.9 Å². The van der Waals surface area contributed by atoms with Gasteiger partial charge in [0.25, 0.3) is 0 Å². The molecule has 0 aliphatic heterocycles. The van der Waals surface area contributed by atoms with E-state index in [4.69, 9.17) is 10.5 Å². The smallest absolute Gasteiger partial charge is 0.248 e. The van der Waals surface area contributed by atoms with Crippen molar-refractivity contribution in [2.45, 2.75) is 19.4 Å². The van der Waals surface area contributed by atoms with Crippen molar-refractivity contribution in [2.24, 2.45) is 11.7 Å². The Morgan fingerprint density at radius 1 is 1.17 bits per heavy atom. The average Bonchev–Trinajstić information content (AvgIpc) is 2.61. The first-order valence-corrected chi connectivity index (χ1v) is 8.01. The fraction of sp³-hybridized carbons (Fsp3) is 0.250. The van der Waals surface area contributed by atoms with E-state index in [-0.39, 0.29) is 17.9 Å². The lowest BCUT2D eigenvalue weighted by Gasteiger charge is -2.16. The number of carbonyl (C=O) groups excluding carboxylic acids is 1. The van der Waals surface area contributed by atoms with Crippen LogP contribution in [0.15, 0.2) is 66.7 Å². The van der Waals surface area contributed by atoms with Crippen LogP contribution in [-0.4, -0.2) is 19.1 Å². The molecule has 0 radical (unpaired) electrons. The number of amides is 1. The maximum Gasteiger partial charge on any atom is 0.248 e. The van der Waals surface area contributed by atoms with Gasteiger partial charge in [0.05, 0.1) is 7.11 Å². The van der Waals surface area contributed by atoms with Crippen LogP contribution < -0.4 is 15.8 Å². The maximum absolute atomic E-state index is 12.0. The molecule has 24 heavy (non-hydrogen) atoms. The van der Waals surface area contributed by atoms with Gasteiger partial charge in [-0.1, -0.05) is 43.3 Å². The third-order valence-electron chi connectivity index (χ3n) is 3.88. The van der Waals surface area contributed by atoms with Gasteiger partial charge in [0, 0.05) is 17.8 Å². The topological polar surface area (TPSA) is 64.3 Å². The van der Waals surface area contributed by atoms with Gasteiger partial charge in [0.2, 0.25) is 5.91 Å². The Labute approximate surface area is 143 Å². The van der Waals surface area contributed by atoms with Crippen molar-refractivity contribution >= 4 is 11.6 Å². The van der Waals surface area contributed by atoms with E-state index < -0.39 is 0 Å². The Hall–Kier alpha value is -2.59. The zero-order chi connectivity index (χ0) is 17.4. The Morgan fingerprint density at radius 2 is 1.83 bits per heavy atom. The highest BCUT2D eigenvalue weighted by atomic mass is 16.5. The molecule has 1 amide bonds.